The van der Waals surface area contributed by atoms with Crippen LogP contribution in [0.5, 0.6) is 0 Å². The van der Waals surface area contributed by atoms with Crippen molar-refractivity contribution in [2.24, 2.45) is 5.10 Å². The number of nitrogens with one attached hydrogen (secondary N) is 2. The molecule has 0 atom stereocenters. The fourth-order valence-electron chi connectivity index (χ4n) is 2.40. The van der Waals surface area contributed by atoms with Crippen molar-refractivity contribution in [3.05, 3.63) is 51.8 Å². The molecule has 0 unspecified atom stereocenters. The number of hydrogen-bond donors (Lipinski definition) is 2. The van der Waals surface area contributed by atoms with Gasteiger partial charge in [-0.05, 0) is 25.1 Å². The van der Waals surface area contributed by atoms with Crippen LogP contribution in [-0.4, -0.2) is 31.3 Å². The van der Waals surface area contributed by atoms with Crippen molar-refractivity contribution in [1.29, 1.82) is 0 Å². The molecule has 0 aliphatic heterocycles. The SMILES string of the molecule is Cc1ccc2[nH]c3nc(N/N=C\c4ccc([N+](=O)[O-])o4)nnc3c2c1. The first-order valence-electron chi connectivity index (χ1n) is 7.26. The van der Waals surface area contributed by atoms with E-state index in [1.807, 2.05) is 25.1 Å². The molecule has 10 heteroatoms. The normalized spacial score (nSPS) is 11.6. The van der Waals surface area contributed by atoms with Crippen molar-refractivity contribution in [2.75, 3.05) is 5.43 Å². The Morgan fingerprint density at radius 1 is 1.32 bits per heavy atom. The molecule has 4 rings (SSSR count). The van der Waals surface area contributed by atoms with E-state index >= 15 is 0 Å². The van der Waals surface area contributed by atoms with Gasteiger partial charge < -0.3 is 9.40 Å². The topological polar surface area (TPSA) is 135 Å². The fraction of sp³-hybridized carbons (Fsp3) is 0.0667. The molecule has 4 aromatic rings. The molecule has 0 bridgehead atoms. The van der Waals surface area contributed by atoms with Crippen LogP contribution < -0.4 is 5.43 Å². The van der Waals surface area contributed by atoms with Gasteiger partial charge in [-0.2, -0.15) is 10.1 Å². The van der Waals surface area contributed by atoms with Crippen LogP contribution in [0.2, 0.25) is 0 Å². The van der Waals surface area contributed by atoms with Gasteiger partial charge in [0.25, 0.3) is 5.95 Å². The molecule has 124 valence electrons. The Bertz CT molecular complexity index is 1130. The number of nitro groups is 1. The van der Waals surface area contributed by atoms with E-state index in [9.17, 15) is 10.1 Å². The largest absolute Gasteiger partial charge is 0.433 e. The summed E-state index contributed by atoms with van der Waals surface area (Å²) in [5.74, 6) is 0.0663. The molecule has 0 saturated carbocycles. The summed E-state index contributed by atoms with van der Waals surface area (Å²) in [5, 5.41) is 23.5. The summed E-state index contributed by atoms with van der Waals surface area (Å²) < 4.78 is 4.95. The average molecular weight is 337 g/mol. The second kappa shape index (κ2) is 5.67. The Kier molecular flexibility index (Phi) is 3.35. The van der Waals surface area contributed by atoms with Gasteiger partial charge in [0.1, 0.15) is 10.4 Å². The summed E-state index contributed by atoms with van der Waals surface area (Å²) in [4.78, 5) is 17.4. The van der Waals surface area contributed by atoms with E-state index in [0.717, 1.165) is 16.5 Å². The van der Waals surface area contributed by atoms with Crippen LogP contribution in [0.1, 0.15) is 11.3 Å². The number of H-pyrrole nitrogens is 1. The van der Waals surface area contributed by atoms with Gasteiger partial charge in [0, 0.05) is 10.9 Å². The van der Waals surface area contributed by atoms with Crippen molar-refractivity contribution in [3.8, 4) is 0 Å². The van der Waals surface area contributed by atoms with Gasteiger partial charge in [-0.25, -0.2) is 5.43 Å². The highest BCUT2D eigenvalue weighted by molar-refractivity contribution is 6.03. The highest BCUT2D eigenvalue weighted by Gasteiger charge is 2.11. The van der Waals surface area contributed by atoms with E-state index < -0.39 is 4.92 Å². The van der Waals surface area contributed by atoms with Gasteiger partial charge in [-0.3, -0.25) is 10.1 Å². The molecule has 0 spiro atoms. The first-order chi connectivity index (χ1) is 12.1. The van der Waals surface area contributed by atoms with Crippen molar-refractivity contribution in [2.45, 2.75) is 6.92 Å². The van der Waals surface area contributed by atoms with Gasteiger partial charge in [-0.1, -0.05) is 11.6 Å². The van der Waals surface area contributed by atoms with E-state index in [4.69, 9.17) is 4.42 Å². The Balaban J connectivity index is 1.58. The Labute approximate surface area is 139 Å². The van der Waals surface area contributed by atoms with E-state index in [0.29, 0.717) is 11.2 Å². The summed E-state index contributed by atoms with van der Waals surface area (Å²) in [5.41, 5.74) is 5.92. The third kappa shape index (κ3) is 2.76. The molecule has 25 heavy (non-hydrogen) atoms. The number of anilines is 1. The van der Waals surface area contributed by atoms with Gasteiger partial charge in [0.05, 0.1) is 12.3 Å². The van der Waals surface area contributed by atoms with Gasteiger partial charge in [-0.15, -0.1) is 10.2 Å². The number of rotatable bonds is 4. The zero-order valence-corrected chi connectivity index (χ0v) is 12.9. The summed E-state index contributed by atoms with van der Waals surface area (Å²) in [6.45, 7) is 2.00. The highest BCUT2D eigenvalue weighted by atomic mass is 16.6. The van der Waals surface area contributed by atoms with Crippen molar-refractivity contribution < 1.29 is 9.34 Å². The lowest BCUT2D eigenvalue weighted by molar-refractivity contribution is -0.402. The third-order valence-electron chi connectivity index (χ3n) is 3.52. The van der Waals surface area contributed by atoms with Gasteiger partial charge >= 0.3 is 5.88 Å². The third-order valence-corrected chi connectivity index (χ3v) is 3.52. The van der Waals surface area contributed by atoms with Gasteiger partial charge in [0.15, 0.2) is 11.4 Å². The molecule has 3 aromatic heterocycles. The number of hydrogen-bond acceptors (Lipinski definition) is 8. The molecule has 0 amide bonds. The minimum Gasteiger partial charge on any atom is -0.400 e. The smallest absolute Gasteiger partial charge is 0.400 e. The predicted octanol–water partition coefficient (Wildman–Crippen LogP) is 2.76. The molecule has 0 aliphatic rings. The maximum atomic E-state index is 10.5. The number of hydrazone groups is 1. The average Bonchev–Trinajstić information content (AvgIpc) is 3.19. The van der Waals surface area contributed by atoms with Crippen LogP contribution in [0, 0.1) is 17.0 Å². The number of fused-ring (bicyclic) bond motifs is 3. The number of aromatic nitrogens is 4. The number of furan rings is 1. The predicted molar refractivity (Wildman–Crippen MR) is 90.5 cm³/mol. The molecule has 2 N–H and O–H groups in total. The Hall–Kier alpha value is -3.82. The van der Waals surface area contributed by atoms with Crippen LogP contribution in [0.15, 0.2) is 39.9 Å². The van der Waals surface area contributed by atoms with Crippen LogP contribution in [0.3, 0.4) is 0 Å². The van der Waals surface area contributed by atoms with Crippen molar-refractivity contribution >= 4 is 40.1 Å². The molecule has 0 saturated heterocycles. The zero-order chi connectivity index (χ0) is 17.4. The number of benzene rings is 1. The van der Waals surface area contributed by atoms with E-state index in [1.165, 1.54) is 18.3 Å². The first-order valence-corrected chi connectivity index (χ1v) is 7.26. The van der Waals surface area contributed by atoms with E-state index in [1.54, 1.807) is 0 Å². The summed E-state index contributed by atoms with van der Waals surface area (Å²) in [6, 6.07) is 8.66. The molecule has 1 aromatic carbocycles. The molecule has 0 aliphatic carbocycles. The van der Waals surface area contributed by atoms with Crippen molar-refractivity contribution in [3.63, 3.8) is 0 Å². The lowest BCUT2D eigenvalue weighted by Gasteiger charge is -1.96. The van der Waals surface area contributed by atoms with Crippen LogP contribution in [0.25, 0.3) is 22.1 Å². The maximum absolute atomic E-state index is 10.5. The van der Waals surface area contributed by atoms with E-state index in [2.05, 4.69) is 30.7 Å². The standard InChI is InChI=1S/C15H11N7O3/c1-8-2-4-11-10(6-8)13-14(17-11)18-15(21-19-13)20-16-7-9-3-5-12(25-9)22(23)24/h2-7H,1H3,(H2,17,18,20,21)/b16-7-. The first kappa shape index (κ1) is 14.8. The van der Waals surface area contributed by atoms with E-state index in [-0.39, 0.29) is 17.6 Å². The second-order valence-electron chi connectivity index (χ2n) is 5.31. The maximum Gasteiger partial charge on any atom is 0.433 e. The van der Waals surface area contributed by atoms with Gasteiger partial charge in [0.2, 0.25) is 0 Å². The number of aromatic amines is 1. The minimum absolute atomic E-state index is 0.188. The van der Waals surface area contributed by atoms with Crippen LogP contribution in [0.4, 0.5) is 11.8 Å². The van der Waals surface area contributed by atoms with Crippen molar-refractivity contribution in [1.82, 2.24) is 20.2 Å². The fourth-order valence-corrected chi connectivity index (χ4v) is 2.40. The highest BCUT2D eigenvalue weighted by Crippen LogP contribution is 2.23. The Morgan fingerprint density at radius 3 is 3.00 bits per heavy atom. The second-order valence-corrected chi connectivity index (χ2v) is 5.31. The number of aryl methyl sites for hydroxylation is 1. The molecule has 0 fully saturated rings. The lowest BCUT2D eigenvalue weighted by atomic mass is 10.2. The molecular formula is C15H11N7O3. The van der Waals surface area contributed by atoms with Crippen LogP contribution in [-0.2, 0) is 0 Å². The minimum atomic E-state index is -0.622. The summed E-state index contributed by atoms with van der Waals surface area (Å²) >= 11 is 0. The molecule has 10 nitrogen and oxygen atoms in total. The molecule has 3 heterocycles. The summed E-state index contributed by atoms with van der Waals surface area (Å²) in [7, 11) is 0. The number of nitrogens with zero attached hydrogens (tertiary/aromatic N) is 5. The lowest BCUT2D eigenvalue weighted by Crippen LogP contribution is -1.98. The monoisotopic (exact) mass is 337 g/mol. The van der Waals surface area contributed by atoms with Crippen LogP contribution >= 0.6 is 0 Å². The quantitative estimate of drug-likeness (QED) is 0.332. The summed E-state index contributed by atoms with van der Waals surface area (Å²) in [6.07, 6.45) is 1.29. The zero-order valence-electron chi connectivity index (χ0n) is 12.9. The molecular weight excluding hydrogens is 326 g/mol. The molecule has 0 radical (unpaired) electrons. The Morgan fingerprint density at radius 2 is 2.20 bits per heavy atom.